The summed E-state index contributed by atoms with van der Waals surface area (Å²) in [6, 6.07) is 1.72. The Bertz CT molecular complexity index is 319. The van der Waals surface area contributed by atoms with Gasteiger partial charge in [-0.15, -0.1) is 11.3 Å². The van der Waals surface area contributed by atoms with E-state index in [0.717, 1.165) is 6.42 Å². The molecule has 1 aromatic rings. The van der Waals surface area contributed by atoms with Crippen LogP contribution in [0.5, 0.6) is 0 Å². The zero-order valence-corrected chi connectivity index (χ0v) is 9.59. The second kappa shape index (κ2) is 5.72. The molecule has 1 rings (SSSR count). The summed E-state index contributed by atoms with van der Waals surface area (Å²) in [7, 11) is 0. The van der Waals surface area contributed by atoms with Crippen LogP contribution >= 0.6 is 11.3 Å². The average Bonchev–Trinajstić information content (AvgIpc) is 2.63. The van der Waals surface area contributed by atoms with Gasteiger partial charge in [0.1, 0.15) is 4.88 Å². The van der Waals surface area contributed by atoms with E-state index < -0.39 is 0 Å². The first-order valence-corrected chi connectivity index (χ1v) is 5.81. The van der Waals surface area contributed by atoms with Gasteiger partial charge in [-0.2, -0.15) is 0 Å². The van der Waals surface area contributed by atoms with E-state index in [1.54, 1.807) is 16.3 Å². The van der Waals surface area contributed by atoms with Crippen LogP contribution in [0.2, 0.25) is 0 Å². The van der Waals surface area contributed by atoms with Crippen molar-refractivity contribution in [2.45, 2.75) is 13.3 Å². The molecule has 1 aromatic heterocycles. The van der Waals surface area contributed by atoms with Crippen LogP contribution in [-0.4, -0.2) is 35.6 Å². The number of carbonyl (C=O) groups is 1. The van der Waals surface area contributed by atoms with Gasteiger partial charge in [0.2, 0.25) is 0 Å². The summed E-state index contributed by atoms with van der Waals surface area (Å²) in [5.74, 6) is -0.0848. The number of hydrogen-bond acceptors (Lipinski definition) is 4. The highest BCUT2D eigenvalue weighted by Crippen LogP contribution is 2.20. The number of anilines is 1. The lowest BCUT2D eigenvalue weighted by Crippen LogP contribution is -2.34. The largest absolute Gasteiger partial charge is 0.397 e. The number of nitrogens with zero attached hydrogens (tertiary/aromatic N) is 1. The first kappa shape index (κ1) is 12.0. The minimum Gasteiger partial charge on any atom is -0.397 e. The van der Waals surface area contributed by atoms with Crippen molar-refractivity contribution >= 4 is 22.9 Å². The summed E-state index contributed by atoms with van der Waals surface area (Å²) in [5, 5.41) is 10.7. The minimum atomic E-state index is -0.0848. The SMILES string of the molecule is CCCN(CCO)C(=O)c1sccc1N. The molecule has 0 unspecified atom stereocenters. The van der Waals surface area contributed by atoms with Gasteiger partial charge in [0.15, 0.2) is 0 Å². The molecule has 0 aliphatic rings. The van der Waals surface area contributed by atoms with E-state index in [1.807, 2.05) is 6.92 Å². The summed E-state index contributed by atoms with van der Waals surface area (Å²) in [5.41, 5.74) is 6.19. The van der Waals surface area contributed by atoms with Crippen LogP contribution in [-0.2, 0) is 0 Å². The molecule has 0 atom stereocenters. The number of amides is 1. The number of rotatable bonds is 5. The van der Waals surface area contributed by atoms with Crippen LogP contribution in [0, 0.1) is 0 Å². The van der Waals surface area contributed by atoms with Gasteiger partial charge in [0.25, 0.3) is 5.91 Å². The molecule has 4 nitrogen and oxygen atoms in total. The summed E-state index contributed by atoms with van der Waals surface area (Å²) >= 11 is 1.34. The fourth-order valence-electron chi connectivity index (χ4n) is 1.34. The zero-order chi connectivity index (χ0) is 11.3. The first-order valence-electron chi connectivity index (χ1n) is 4.93. The quantitative estimate of drug-likeness (QED) is 0.795. The van der Waals surface area contributed by atoms with Gasteiger partial charge in [0.05, 0.1) is 12.3 Å². The molecule has 0 saturated heterocycles. The minimum absolute atomic E-state index is 0.0168. The molecule has 84 valence electrons. The maximum absolute atomic E-state index is 12.0. The number of thiophene rings is 1. The van der Waals surface area contributed by atoms with Gasteiger partial charge < -0.3 is 15.7 Å². The number of aliphatic hydroxyl groups excluding tert-OH is 1. The number of carbonyl (C=O) groups excluding carboxylic acids is 1. The van der Waals surface area contributed by atoms with Crippen molar-refractivity contribution in [3.05, 3.63) is 16.3 Å². The van der Waals surface area contributed by atoms with Crippen LogP contribution in [0.25, 0.3) is 0 Å². The number of nitrogens with two attached hydrogens (primary N) is 1. The van der Waals surface area contributed by atoms with Crippen molar-refractivity contribution in [2.24, 2.45) is 0 Å². The smallest absolute Gasteiger partial charge is 0.266 e. The molecule has 1 heterocycles. The monoisotopic (exact) mass is 228 g/mol. The van der Waals surface area contributed by atoms with Crippen molar-refractivity contribution in [1.29, 1.82) is 0 Å². The maximum atomic E-state index is 12.0. The Morgan fingerprint density at radius 2 is 2.33 bits per heavy atom. The van der Waals surface area contributed by atoms with Gasteiger partial charge in [-0.1, -0.05) is 6.92 Å². The molecule has 1 amide bonds. The Hall–Kier alpha value is -1.07. The highest BCUT2D eigenvalue weighted by molar-refractivity contribution is 7.12. The predicted octanol–water partition coefficient (Wildman–Crippen LogP) is 1.17. The topological polar surface area (TPSA) is 66.6 Å². The van der Waals surface area contributed by atoms with Crippen molar-refractivity contribution in [2.75, 3.05) is 25.4 Å². The predicted molar refractivity (Wildman–Crippen MR) is 62.0 cm³/mol. The molecule has 0 fully saturated rings. The van der Waals surface area contributed by atoms with Gasteiger partial charge >= 0.3 is 0 Å². The maximum Gasteiger partial charge on any atom is 0.266 e. The third-order valence-electron chi connectivity index (χ3n) is 2.04. The van der Waals surface area contributed by atoms with Gasteiger partial charge in [-0.25, -0.2) is 0 Å². The van der Waals surface area contributed by atoms with E-state index in [9.17, 15) is 4.79 Å². The Labute approximate surface area is 93.3 Å². The second-order valence-electron chi connectivity index (χ2n) is 3.22. The first-order chi connectivity index (χ1) is 7.20. The second-order valence-corrected chi connectivity index (χ2v) is 4.14. The molecule has 0 aromatic carbocycles. The van der Waals surface area contributed by atoms with Gasteiger partial charge in [-0.05, 0) is 17.9 Å². The normalized spacial score (nSPS) is 10.3. The third-order valence-corrected chi connectivity index (χ3v) is 2.96. The number of aliphatic hydroxyl groups is 1. The van der Waals surface area contributed by atoms with Crippen LogP contribution in [0.3, 0.4) is 0 Å². The number of hydrogen-bond donors (Lipinski definition) is 2. The Morgan fingerprint density at radius 3 is 2.80 bits per heavy atom. The van der Waals surface area contributed by atoms with Gasteiger partial charge in [-0.3, -0.25) is 4.79 Å². The average molecular weight is 228 g/mol. The van der Waals surface area contributed by atoms with Crippen molar-refractivity contribution in [3.8, 4) is 0 Å². The van der Waals surface area contributed by atoms with E-state index in [2.05, 4.69) is 0 Å². The Balaban J connectivity index is 2.76. The molecule has 3 N–H and O–H groups in total. The zero-order valence-electron chi connectivity index (χ0n) is 8.77. The Morgan fingerprint density at radius 1 is 1.60 bits per heavy atom. The highest BCUT2D eigenvalue weighted by atomic mass is 32.1. The summed E-state index contributed by atoms with van der Waals surface area (Å²) in [6.07, 6.45) is 0.872. The lowest BCUT2D eigenvalue weighted by atomic mass is 10.3. The van der Waals surface area contributed by atoms with E-state index in [0.29, 0.717) is 23.7 Å². The summed E-state index contributed by atoms with van der Waals surface area (Å²) < 4.78 is 0. The molecular weight excluding hydrogens is 212 g/mol. The lowest BCUT2D eigenvalue weighted by Gasteiger charge is -2.20. The summed E-state index contributed by atoms with van der Waals surface area (Å²) in [6.45, 7) is 2.99. The van der Waals surface area contributed by atoms with Crippen molar-refractivity contribution < 1.29 is 9.90 Å². The third kappa shape index (κ3) is 2.94. The van der Waals surface area contributed by atoms with Crippen LogP contribution < -0.4 is 5.73 Å². The Kier molecular flexibility index (Phi) is 4.58. The molecular formula is C10H16N2O2S. The summed E-state index contributed by atoms with van der Waals surface area (Å²) in [4.78, 5) is 14.1. The van der Waals surface area contributed by atoms with E-state index >= 15 is 0 Å². The molecule has 0 aliphatic heterocycles. The fraction of sp³-hybridized carbons (Fsp3) is 0.500. The fourth-order valence-corrected chi connectivity index (χ4v) is 2.13. The van der Waals surface area contributed by atoms with E-state index in [-0.39, 0.29) is 12.5 Å². The van der Waals surface area contributed by atoms with E-state index in [4.69, 9.17) is 10.8 Å². The molecule has 15 heavy (non-hydrogen) atoms. The highest BCUT2D eigenvalue weighted by Gasteiger charge is 2.17. The standard InChI is InChI=1S/C10H16N2O2S/c1-2-4-12(5-6-13)10(14)9-8(11)3-7-15-9/h3,7,13H,2,4-6,11H2,1H3. The van der Waals surface area contributed by atoms with Crippen LogP contribution in [0.15, 0.2) is 11.4 Å². The molecule has 0 radical (unpaired) electrons. The molecule has 0 bridgehead atoms. The van der Waals surface area contributed by atoms with Crippen molar-refractivity contribution in [1.82, 2.24) is 4.90 Å². The van der Waals surface area contributed by atoms with E-state index in [1.165, 1.54) is 11.3 Å². The molecule has 0 aliphatic carbocycles. The molecule has 0 saturated carbocycles. The van der Waals surface area contributed by atoms with Gasteiger partial charge in [0, 0.05) is 13.1 Å². The molecule has 0 spiro atoms. The van der Waals surface area contributed by atoms with Crippen LogP contribution in [0.4, 0.5) is 5.69 Å². The lowest BCUT2D eigenvalue weighted by molar-refractivity contribution is 0.0728. The van der Waals surface area contributed by atoms with Crippen LogP contribution in [0.1, 0.15) is 23.0 Å². The molecule has 5 heteroatoms. The number of nitrogen functional groups attached to an aromatic ring is 1. The van der Waals surface area contributed by atoms with Crippen molar-refractivity contribution in [3.63, 3.8) is 0 Å².